The van der Waals surface area contributed by atoms with Gasteiger partial charge in [-0.05, 0) is 17.7 Å². The summed E-state index contributed by atoms with van der Waals surface area (Å²) in [4.78, 5) is 4.07. The van der Waals surface area contributed by atoms with Gasteiger partial charge in [0.15, 0.2) is 0 Å². The molecule has 66 valence electrons. The molecule has 0 fully saturated rings. The first kappa shape index (κ1) is 8.01. The largest absolute Gasteiger partial charge is 0.440 e. The zero-order valence-electron chi connectivity index (χ0n) is 7.03. The van der Waals surface area contributed by atoms with Crippen LogP contribution in [0.15, 0.2) is 29.3 Å². The molecule has 0 radical (unpaired) electrons. The molecule has 0 aliphatic rings. The van der Waals surface area contributed by atoms with Gasteiger partial charge in [0.05, 0.1) is 0 Å². The summed E-state index contributed by atoms with van der Waals surface area (Å²) in [5, 5.41) is 9.71. The fourth-order valence-electron chi connectivity index (χ4n) is 1.19. The zero-order valence-corrected chi connectivity index (χ0v) is 7.03. The van der Waals surface area contributed by atoms with Gasteiger partial charge in [0.2, 0.25) is 5.71 Å². The van der Waals surface area contributed by atoms with E-state index in [4.69, 9.17) is 9.52 Å². The summed E-state index contributed by atoms with van der Waals surface area (Å²) in [6, 6.07) is 3.69. The molecule has 3 nitrogen and oxygen atoms in total. The molecule has 0 spiro atoms. The lowest BCUT2D eigenvalue weighted by Crippen LogP contribution is -1.75. The molecule has 0 unspecified atom stereocenters. The minimum atomic E-state index is -0.0974. The van der Waals surface area contributed by atoms with Crippen molar-refractivity contribution in [3.63, 3.8) is 0 Å². The number of rotatable bonds is 2. The van der Waals surface area contributed by atoms with Gasteiger partial charge in [0.1, 0.15) is 12.4 Å². The van der Waals surface area contributed by atoms with Crippen molar-refractivity contribution in [1.82, 2.24) is 4.98 Å². The van der Waals surface area contributed by atoms with Crippen molar-refractivity contribution >= 4 is 17.2 Å². The minimum Gasteiger partial charge on any atom is -0.440 e. The quantitative estimate of drug-likeness (QED) is 0.758. The summed E-state index contributed by atoms with van der Waals surface area (Å²) in [6.45, 7) is 3.55. The molecular weight excluding hydrogens is 166 g/mol. The van der Waals surface area contributed by atoms with Crippen LogP contribution in [0.3, 0.4) is 0 Å². The number of fused-ring (bicyclic) bond motifs is 1. The third-order valence-electron chi connectivity index (χ3n) is 1.84. The van der Waals surface area contributed by atoms with Gasteiger partial charge in [0, 0.05) is 11.6 Å². The Bertz CT molecular complexity index is 445. The molecule has 0 atom stereocenters. The molecule has 0 aromatic carbocycles. The summed E-state index contributed by atoms with van der Waals surface area (Å²) in [6.07, 6.45) is 3.40. The maximum Gasteiger partial charge on any atom is 0.226 e. The van der Waals surface area contributed by atoms with Gasteiger partial charge in [-0.15, -0.1) is 0 Å². The van der Waals surface area contributed by atoms with Crippen LogP contribution in [-0.4, -0.2) is 10.1 Å². The Hall–Kier alpha value is -1.61. The second-order valence-electron chi connectivity index (χ2n) is 2.74. The van der Waals surface area contributed by atoms with E-state index in [1.54, 1.807) is 18.3 Å². The van der Waals surface area contributed by atoms with E-state index in [1.807, 2.05) is 6.07 Å². The number of pyridine rings is 1. The Morgan fingerprint density at radius 1 is 1.54 bits per heavy atom. The van der Waals surface area contributed by atoms with Crippen LogP contribution in [0.4, 0.5) is 0 Å². The van der Waals surface area contributed by atoms with Gasteiger partial charge in [-0.2, -0.15) is 0 Å². The number of hydrogen-bond donors (Lipinski definition) is 1. The number of aromatic nitrogens is 1. The fourth-order valence-corrected chi connectivity index (χ4v) is 1.19. The van der Waals surface area contributed by atoms with Crippen LogP contribution >= 0.6 is 0 Å². The van der Waals surface area contributed by atoms with Crippen molar-refractivity contribution < 1.29 is 9.52 Å². The summed E-state index contributed by atoms with van der Waals surface area (Å²) >= 11 is 0. The molecule has 0 aliphatic heterocycles. The molecule has 13 heavy (non-hydrogen) atoms. The van der Waals surface area contributed by atoms with Crippen molar-refractivity contribution in [2.75, 3.05) is 0 Å². The average molecular weight is 175 g/mol. The number of hydrogen-bond acceptors (Lipinski definition) is 3. The number of aliphatic hydroxyl groups excluding tert-OH is 1. The third-order valence-corrected chi connectivity index (χ3v) is 1.84. The highest BCUT2D eigenvalue weighted by Gasteiger charge is 2.03. The number of aliphatic hydroxyl groups is 1. The van der Waals surface area contributed by atoms with Crippen LogP contribution in [0.5, 0.6) is 0 Å². The monoisotopic (exact) mass is 175 g/mol. The van der Waals surface area contributed by atoms with E-state index in [1.165, 1.54) is 0 Å². The molecule has 0 amide bonds. The Balaban J connectivity index is 2.63. The predicted molar refractivity (Wildman–Crippen MR) is 50.0 cm³/mol. The average Bonchev–Trinajstić information content (AvgIpc) is 2.58. The lowest BCUT2D eigenvalue weighted by Gasteiger charge is -1.89. The summed E-state index contributed by atoms with van der Waals surface area (Å²) < 4.78 is 5.22. The molecular formula is C10H9NO2. The molecule has 2 aromatic heterocycles. The first-order valence-electron chi connectivity index (χ1n) is 3.95. The lowest BCUT2D eigenvalue weighted by atomic mass is 10.2. The van der Waals surface area contributed by atoms with Gasteiger partial charge in [-0.1, -0.05) is 12.7 Å². The molecule has 3 heteroatoms. The molecule has 0 bridgehead atoms. The van der Waals surface area contributed by atoms with Crippen LogP contribution in [-0.2, 0) is 6.61 Å². The molecule has 2 rings (SSSR count). The molecule has 1 N–H and O–H groups in total. The third kappa shape index (κ3) is 1.34. The Morgan fingerprint density at radius 3 is 3.08 bits per heavy atom. The van der Waals surface area contributed by atoms with Gasteiger partial charge < -0.3 is 9.52 Å². The van der Waals surface area contributed by atoms with Crippen LogP contribution < -0.4 is 0 Å². The minimum absolute atomic E-state index is 0.0974. The van der Waals surface area contributed by atoms with Crippen LogP contribution in [0.2, 0.25) is 0 Å². The molecule has 2 heterocycles. The normalized spacial score (nSPS) is 10.5. The van der Waals surface area contributed by atoms with Crippen LogP contribution in [0, 0.1) is 0 Å². The zero-order chi connectivity index (χ0) is 9.26. The van der Waals surface area contributed by atoms with Gasteiger partial charge in [-0.25, -0.2) is 4.98 Å². The highest BCUT2D eigenvalue weighted by atomic mass is 16.4. The van der Waals surface area contributed by atoms with Gasteiger partial charge >= 0.3 is 0 Å². The maximum atomic E-state index is 8.82. The Labute approximate surface area is 75.3 Å². The first-order chi connectivity index (χ1) is 6.33. The topological polar surface area (TPSA) is 46.3 Å². The SMILES string of the molecule is C=Cc1cnc2oc(CO)cc2c1. The highest BCUT2D eigenvalue weighted by molar-refractivity contribution is 5.76. The van der Waals surface area contributed by atoms with Crippen molar-refractivity contribution in [2.24, 2.45) is 0 Å². The molecule has 2 aromatic rings. The van der Waals surface area contributed by atoms with Crippen molar-refractivity contribution in [3.8, 4) is 0 Å². The molecule has 0 saturated heterocycles. The predicted octanol–water partition coefficient (Wildman–Crippen LogP) is 1.96. The smallest absolute Gasteiger partial charge is 0.226 e. The Morgan fingerprint density at radius 2 is 2.38 bits per heavy atom. The number of nitrogens with zero attached hydrogens (tertiary/aromatic N) is 1. The van der Waals surface area contributed by atoms with E-state index < -0.39 is 0 Å². The van der Waals surface area contributed by atoms with E-state index in [0.29, 0.717) is 11.5 Å². The maximum absolute atomic E-state index is 8.82. The Kier molecular flexibility index (Phi) is 1.87. The van der Waals surface area contributed by atoms with Gasteiger partial charge in [-0.3, -0.25) is 0 Å². The lowest BCUT2D eigenvalue weighted by molar-refractivity contribution is 0.250. The van der Waals surface area contributed by atoms with Crippen molar-refractivity contribution in [1.29, 1.82) is 0 Å². The van der Waals surface area contributed by atoms with Crippen LogP contribution in [0.1, 0.15) is 11.3 Å². The van der Waals surface area contributed by atoms with Crippen molar-refractivity contribution in [2.45, 2.75) is 6.61 Å². The summed E-state index contributed by atoms with van der Waals surface area (Å²) in [7, 11) is 0. The van der Waals surface area contributed by atoms with E-state index >= 15 is 0 Å². The summed E-state index contributed by atoms with van der Waals surface area (Å²) in [5.74, 6) is 0.531. The van der Waals surface area contributed by atoms with E-state index in [-0.39, 0.29) is 6.61 Å². The van der Waals surface area contributed by atoms with Crippen LogP contribution in [0.25, 0.3) is 17.2 Å². The van der Waals surface area contributed by atoms with E-state index in [0.717, 1.165) is 10.9 Å². The first-order valence-corrected chi connectivity index (χ1v) is 3.95. The molecule has 0 saturated carbocycles. The van der Waals surface area contributed by atoms with Crippen molar-refractivity contribution in [3.05, 3.63) is 36.2 Å². The van der Waals surface area contributed by atoms with E-state index in [2.05, 4.69) is 11.6 Å². The summed E-state index contributed by atoms with van der Waals surface area (Å²) in [5.41, 5.74) is 1.49. The van der Waals surface area contributed by atoms with E-state index in [9.17, 15) is 0 Å². The second-order valence-corrected chi connectivity index (χ2v) is 2.74. The second kappa shape index (κ2) is 3.03. The highest BCUT2D eigenvalue weighted by Crippen LogP contribution is 2.18. The fraction of sp³-hybridized carbons (Fsp3) is 0.100. The standard InChI is InChI=1S/C10H9NO2/c1-2-7-3-8-4-9(6-12)13-10(8)11-5-7/h2-5,12H,1,6H2. The van der Waals surface area contributed by atoms with Gasteiger partial charge in [0.25, 0.3) is 0 Å². The number of furan rings is 1. The molecule has 0 aliphatic carbocycles.